The van der Waals surface area contributed by atoms with Gasteiger partial charge in [0.15, 0.2) is 0 Å². The number of likely N-dealkylation sites (tertiary alicyclic amines) is 2. The second kappa shape index (κ2) is 12.2. The van der Waals surface area contributed by atoms with E-state index in [1.807, 2.05) is 70.5 Å². The molecule has 6 heteroatoms. The molecule has 2 saturated heterocycles. The van der Waals surface area contributed by atoms with E-state index in [4.69, 9.17) is 23.2 Å². The van der Waals surface area contributed by atoms with Gasteiger partial charge in [-0.2, -0.15) is 0 Å². The highest BCUT2D eigenvalue weighted by molar-refractivity contribution is 6.31. The molecular weight excluding hydrogens is 611 g/mol. The molecule has 0 unspecified atom stereocenters. The fourth-order valence-electron chi connectivity index (χ4n) is 8.55. The number of hydrogen-bond acceptors (Lipinski definition) is 2. The molecule has 4 aliphatic rings. The summed E-state index contributed by atoms with van der Waals surface area (Å²) in [6.45, 7) is 7.56. The van der Waals surface area contributed by atoms with Gasteiger partial charge in [-0.15, -0.1) is 0 Å². The third-order valence-corrected chi connectivity index (χ3v) is 11.6. The standard InChI is InChI=1S/2C20H20ClNO/c2*1-20-11-10-15-16(8-5-9-17(15)21)18(20)19(23)22(13-20)12-14-6-3-2-4-7-14/h2*2-9,18H,10-13H2,1H3/t18-,20+;18-,20-/m10/s1. The Morgan fingerprint density at radius 3 is 1.37 bits per heavy atom. The molecule has 2 fully saturated rings. The average Bonchev–Trinajstić information content (AvgIpc) is 3.46. The van der Waals surface area contributed by atoms with E-state index in [2.05, 4.69) is 50.2 Å². The van der Waals surface area contributed by atoms with Crippen molar-refractivity contribution in [3.63, 3.8) is 0 Å². The number of carbonyl (C=O) groups excluding carboxylic acids is 2. The molecule has 2 aliphatic heterocycles. The molecule has 8 rings (SSSR count). The summed E-state index contributed by atoms with van der Waals surface area (Å²) in [6.07, 6.45) is 3.97. The van der Waals surface area contributed by atoms with Crippen LogP contribution in [0, 0.1) is 10.8 Å². The lowest BCUT2D eigenvalue weighted by Crippen LogP contribution is -2.31. The van der Waals surface area contributed by atoms with Crippen molar-refractivity contribution in [1.29, 1.82) is 0 Å². The van der Waals surface area contributed by atoms with Crippen LogP contribution in [0.2, 0.25) is 10.0 Å². The molecule has 236 valence electrons. The summed E-state index contributed by atoms with van der Waals surface area (Å²) in [5, 5.41) is 1.61. The van der Waals surface area contributed by atoms with Crippen LogP contribution in [-0.4, -0.2) is 34.7 Å². The zero-order chi connectivity index (χ0) is 32.1. The van der Waals surface area contributed by atoms with Gasteiger partial charge in [-0.05, 0) is 71.2 Å². The third-order valence-electron chi connectivity index (χ3n) is 10.9. The van der Waals surface area contributed by atoms with Crippen LogP contribution in [0.25, 0.3) is 0 Å². The summed E-state index contributed by atoms with van der Waals surface area (Å²) >= 11 is 12.7. The lowest BCUT2D eigenvalue weighted by atomic mass is 9.67. The van der Waals surface area contributed by atoms with Gasteiger partial charge in [0.1, 0.15) is 0 Å². The molecule has 2 amide bonds. The highest BCUT2D eigenvalue weighted by atomic mass is 35.5. The van der Waals surface area contributed by atoms with Crippen LogP contribution in [-0.2, 0) is 35.5 Å². The first kappa shape index (κ1) is 31.0. The molecule has 4 atom stereocenters. The molecule has 4 aromatic carbocycles. The predicted octanol–water partition coefficient (Wildman–Crippen LogP) is 8.84. The molecule has 4 aromatic rings. The third kappa shape index (κ3) is 5.54. The van der Waals surface area contributed by atoms with E-state index in [0.29, 0.717) is 13.1 Å². The average molecular weight is 652 g/mol. The maximum Gasteiger partial charge on any atom is 0.231 e. The van der Waals surface area contributed by atoms with Gasteiger partial charge in [0, 0.05) is 47.1 Å². The number of nitrogens with zero attached hydrogens (tertiary/aromatic N) is 2. The Morgan fingerprint density at radius 2 is 0.978 bits per heavy atom. The normalized spacial score (nSPS) is 26.1. The molecule has 46 heavy (non-hydrogen) atoms. The van der Waals surface area contributed by atoms with Crippen molar-refractivity contribution in [2.75, 3.05) is 13.1 Å². The number of rotatable bonds is 4. The summed E-state index contributed by atoms with van der Waals surface area (Å²) in [5.41, 5.74) is 7.05. The summed E-state index contributed by atoms with van der Waals surface area (Å²) in [6, 6.07) is 32.5. The van der Waals surface area contributed by atoms with E-state index in [1.165, 1.54) is 22.3 Å². The van der Waals surface area contributed by atoms with Crippen molar-refractivity contribution in [3.05, 3.63) is 140 Å². The van der Waals surface area contributed by atoms with Crippen molar-refractivity contribution < 1.29 is 9.59 Å². The van der Waals surface area contributed by atoms with Gasteiger partial charge in [-0.1, -0.05) is 122 Å². The van der Waals surface area contributed by atoms with Gasteiger partial charge in [0.25, 0.3) is 0 Å². The van der Waals surface area contributed by atoms with Crippen LogP contribution < -0.4 is 0 Å². The first-order valence-corrected chi connectivity index (χ1v) is 17.1. The highest BCUT2D eigenvalue weighted by Crippen LogP contribution is 2.53. The van der Waals surface area contributed by atoms with Crippen molar-refractivity contribution >= 4 is 35.0 Å². The Labute approximate surface area is 282 Å². The second-order valence-electron chi connectivity index (χ2n) is 14.1. The van der Waals surface area contributed by atoms with E-state index in [0.717, 1.165) is 59.9 Å². The van der Waals surface area contributed by atoms with E-state index < -0.39 is 0 Å². The lowest BCUT2D eigenvalue weighted by molar-refractivity contribution is -0.130. The van der Waals surface area contributed by atoms with Crippen molar-refractivity contribution in [1.82, 2.24) is 9.80 Å². The largest absolute Gasteiger partial charge is 0.337 e. The number of hydrogen-bond donors (Lipinski definition) is 0. The summed E-state index contributed by atoms with van der Waals surface area (Å²) in [5.74, 6) is 0.404. The predicted molar refractivity (Wildman–Crippen MR) is 185 cm³/mol. The molecule has 2 heterocycles. The molecule has 0 N–H and O–H groups in total. The Kier molecular flexibility index (Phi) is 8.23. The first-order chi connectivity index (χ1) is 22.2. The quantitative estimate of drug-likeness (QED) is 0.221. The maximum absolute atomic E-state index is 13.1. The summed E-state index contributed by atoms with van der Waals surface area (Å²) in [4.78, 5) is 30.3. The van der Waals surface area contributed by atoms with Crippen LogP contribution in [0.1, 0.15) is 71.9 Å². The topological polar surface area (TPSA) is 40.6 Å². The number of halogens is 2. The van der Waals surface area contributed by atoms with Crippen LogP contribution >= 0.6 is 23.2 Å². The van der Waals surface area contributed by atoms with Crippen molar-refractivity contribution in [2.24, 2.45) is 10.8 Å². The fourth-order valence-corrected chi connectivity index (χ4v) is 9.10. The Hall–Kier alpha value is -3.60. The van der Waals surface area contributed by atoms with Crippen molar-refractivity contribution in [3.8, 4) is 0 Å². The fraction of sp³-hybridized carbons (Fsp3) is 0.350. The molecular formula is C40H40Cl2N2O2. The molecule has 4 nitrogen and oxygen atoms in total. The zero-order valence-corrected chi connectivity index (χ0v) is 28.0. The SMILES string of the molecule is C[C@@]12CCc3c(Cl)cccc3[C@@H]1C(=O)N(Cc1ccccc1)C2.C[C@@]12CCc3c(Cl)cccc3[C@H]1C(=O)N(Cc1ccccc1)C2. The molecule has 2 aliphatic carbocycles. The monoisotopic (exact) mass is 650 g/mol. The Balaban J connectivity index is 0.000000147. The van der Waals surface area contributed by atoms with Gasteiger partial charge in [-0.3, -0.25) is 9.59 Å². The van der Waals surface area contributed by atoms with Gasteiger partial charge in [-0.25, -0.2) is 0 Å². The van der Waals surface area contributed by atoms with E-state index in [9.17, 15) is 9.59 Å². The minimum absolute atomic E-state index is 0.0174. The van der Waals surface area contributed by atoms with E-state index >= 15 is 0 Å². The van der Waals surface area contributed by atoms with Crippen LogP contribution in [0.15, 0.2) is 97.1 Å². The van der Waals surface area contributed by atoms with Gasteiger partial charge in [0.2, 0.25) is 11.8 Å². The lowest BCUT2D eigenvalue weighted by Gasteiger charge is -2.35. The Bertz CT molecular complexity index is 1650. The highest BCUT2D eigenvalue weighted by Gasteiger charge is 2.53. The second-order valence-corrected chi connectivity index (χ2v) is 15.0. The number of carbonyl (C=O) groups is 2. The smallest absolute Gasteiger partial charge is 0.231 e. The Morgan fingerprint density at radius 1 is 0.587 bits per heavy atom. The molecule has 0 aromatic heterocycles. The number of benzene rings is 4. The van der Waals surface area contributed by atoms with Gasteiger partial charge < -0.3 is 9.80 Å². The zero-order valence-electron chi connectivity index (χ0n) is 26.5. The minimum Gasteiger partial charge on any atom is -0.337 e. The number of fused-ring (bicyclic) bond motifs is 6. The molecule has 0 radical (unpaired) electrons. The first-order valence-electron chi connectivity index (χ1n) is 16.4. The van der Waals surface area contributed by atoms with Gasteiger partial charge in [0.05, 0.1) is 11.8 Å². The summed E-state index contributed by atoms with van der Waals surface area (Å²) < 4.78 is 0. The van der Waals surface area contributed by atoms with Crippen LogP contribution in [0.4, 0.5) is 0 Å². The minimum atomic E-state index is -0.0475. The molecule has 0 spiro atoms. The van der Waals surface area contributed by atoms with Gasteiger partial charge >= 0.3 is 0 Å². The van der Waals surface area contributed by atoms with Crippen molar-refractivity contribution in [2.45, 2.75) is 64.5 Å². The van der Waals surface area contributed by atoms with Crippen LogP contribution in [0.3, 0.4) is 0 Å². The molecule has 0 bridgehead atoms. The van der Waals surface area contributed by atoms with E-state index in [-0.39, 0.29) is 34.5 Å². The summed E-state index contributed by atoms with van der Waals surface area (Å²) in [7, 11) is 0. The maximum atomic E-state index is 13.1. The van der Waals surface area contributed by atoms with Crippen LogP contribution in [0.5, 0.6) is 0 Å². The molecule has 0 saturated carbocycles. The number of amides is 2. The van der Waals surface area contributed by atoms with E-state index in [1.54, 1.807) is 0 Å².